The molecule has 0 bridgehead atoms. The topological polar surface area (TPSA) is 49.7 Å². The fourth-order valence-electron chi connectivity index (χ4n) is 3.13. The highest BCUT2D eigenvalue weighted by Gasteiger charge is 2.41. The molecule has 0 saturated heterocycles. The maximum absolute atomic E-state index is 9.65. The molecule has 0 aromatic heterocycles. The average molecular weight is 472 g/mol. The van der Waals surface area contributed by atoms with Gasteiger partial charge in [0.1, 0.15) is 0 Å². The Balaban J connectivity index is 2.38. The van der Waals surface area contributed by atoms with Crippen LogP contribution in [0.15, 0.2) is 60.7 Å². The first kappa shape index (κ1) is 20.8. The SMILES string of the molecule is CCCCCCC(c1ccccc1)C(I)(OP(O)O)c1ccccc1. The van der Waals surface area contributed by atoms with Crippen LogP contribution in [-0.2, 0) is 8.13 Å². The van der Waals surface area contributed by atoms with Crippen LogP contribution in [0.3, 0.4) is 0 Å². The molecule has 2 aromatic carbocycles. The number of hydrogen-bond acceptors (Lipinski definition) is 3. The van der Waals surface area contributed by atoms with Gasteiger partial charge in [-0.15, -0.1) is 0 Å². The maximum atomic E-state index is 9.65. The van der Waals surface area contributed by atoms with E-state index >= 15 is 0 Å². The van der Waals surface area contributed by atoms with Gasteiger partial charge in [0.05, 0.1) is 0 Å². The highest BCUT2D eigenvalue weighted by molar-refractivity contribution is 14.1. The van der Waals surface area contributed by atoms with E-state index in [4.69, 9.17) is 4.52 Å². The van der Waals surface area contributed by atoms with E-state index in [1.54, 1.807) is 0 Å². The van der Waals surface area contributed by atoms with Gasteiger partial charge in [-0.25, -0.2) is 0 Å². The monoisotopic (exact) mass is 472 g/mol. The van der Waals surface area contributed by atoms with Crippen molar-refractivity contribution >= 4 is 31.2 Å². The number of benzene rings is 2. The summed E-state index contributed by atoms with van der Waals surface area (Å²) in [5, 5.41) is 0. The quantitative estimate of drug-likeness (QED) is 0.186. The highest BCUT2D eigenvalue weighted by Crippen LogP contribution is 2.54. The number of rotatable bonds is 10. The van der Waals surface area contributed by atoms with Crippen molar-refractivity contribution in [1.29, 1.82) is 0 Å². The minimum Gasteiger partial charge on any atom is -0.328 e. The van der Waals surface area contributed by atoms with Gasteiger partial charge in [0.2, 0.25) is 0 Å². The van der Waals surface area contributed by atoms with Gasteiger partial charge >= 0.3 is 8.60 Å². The molecule has 25 heavy (non-hydrogen) atoms. The summed E-state index contributed by atoms with van der Waals surface area (Å²) < 4.78 is 4.94. The third kappa shape index (κ3) is 6.00. The second kappa shape index (κ2) is 10.6. The highest BCUT2D eigenvalue weighted by atomic mass is 127. The van der Waals surface area contributed by atoms with Crippen molar-refractivity contribution in [3.05, 3.63) is 71.8 Å². The van der Waals surface area contributed by atoms with E-state index in [2.05, 4.69) is 41.6 Å². The van der Waals surface area contributed by atoms with Gasteiger partial charge < -0.3 is 9.79 Å². The zero-order chi connectivity index (χ0) is 18.1. The Bertz CT molecular complexity index is 609. The van der Waals surface area contributed by atoms with Crippen molar-refractivity contribution in [3.63, 3.8) is 0 Å². The van der Waals surface area contributed by atoms with Gasteiger partial charge in [-0.2, -0.15) is 0 Å². The molecule has 3 nitrogen and oxygen atoms in total. The summed E-state index contributed by atoms with van der Waals surface area (Å²) in [5.74, 6) is 0.0397. The first-order valence-electron chi connectivity index (χ1n) is 8.74. The van der Waals surface area contributed by atoms with Crippen LogP contribution in [0.4, 0.5) is 0 Å². The first-order valence-corrected chi connectivity index (χ1v) is 11.0. The van der Waals surface area contributed by atoms with Crippen LogP contribution >= 0.6 is 31.2 Å². The van der Waals surface area contributed by atoms with Crippen LogP contribution < -0.4 is 0 Å². The first-order chi connectivity index (χ1) is 12.1. The van der Waals surface area contributed by atoms with Crippen molar-refractivity contribution in [1.82, 2.24) is 0 Å². The Morgan fingerprint density at radius 2 is 1.56 bits per heavy atom. The Kier molecular flexibility index (Phi) is 8.80. The van der Waals surface area contributed by atoms with Gasteiger partial charge in [-0.05, 0) is 40.1 Å². The number of alkyl halides is 1. The Morgan fingerprint density at radius 3 is 2.12 bits per heavy atom. The lowest BCUT2D eigenvalue weighted by atomic mass is 9.85. The normalized spacial score (nSPS) is 15.1. The zero-order valence-corrected chi connectivity index (χ0v) is 17.6. The van der Waals surface area contributed by atoms with Crippen LogP contribution in [0, 0.1) is 0 Å². The average Bonchev–Trinajstić information content (AvgIpc) is 2.62. The van der Waals surface area contributed by atoms with Gasteiger partial charge in [-0.3, -0.25) is 4.52 Å². The molecule has 136 valence electrons. The largest absolute Gasteiger partial charge is 0.328 e. The zero-order valence-electron chi connectivity index (χ0n) is 14.5. The summed E-state index contributed by atoms with van der Waals surface area (Å²) in [5.41, 5.74) is 2.12. The molecule has 2 aromatic rings. The molecule has 0 saturated carbocycles. The van der Waals surface area contributed by atoms with E-state index in [1.807, 2.05) is 48.5 Å². The molecule has 0 heterocycles. The molecule has 0 spiro atoms. The van der Waals surface area contributed by atoms with Crippen LogP contribution in [0.1, 0.15) is 56.1 Å². The fraction of sp³-hybridized carbons (Fsp3) is 0.400. The van der Waals surface area contributed by atoms with Crippen molar-refractivity contribution in [2.24, 2.45) is 0 Å². The fourth-order valence-corrected chi connectivity index (χ4v) is 5.16. The van der Waals surface area contributed by atoms with Crippen LogP contribution in [0.2, 0.25) is 0 Å². The lowest BCUT2D eigenvalue weighted by molar-refractivity contribution is 0.123. The lowest BCUT2D eigenvalue weighted by Gasteiger charge is -2.36. The Labute approximate surface area is 165 Å². The molecule has 2 rings (SSSR count). The molecule has 2 N–H and O–H groups in total. The number of hydrogen-bond donors (Lipinski definition) is 2. The van der Waals surface area contributed by atoms with E-state index in [9.17, 15) is 9.79 Å². The summed E-state index contributed by atoms with van der Waals surface area (Å²) in [6.07, 6.45) is 5.61. The predicted octanol–water partition coefficient (Wildman–Crippen LogP) is 6.26. The summed E-state index contributed by atoms with van der Waals surface area (Å²) in [6.45, 7) is 2.20. The Hall–Kier alpha value is -0.520. The van der Waals surface area contributed by atoms with Gasteiger partial charge in [-0.1, -0.05) is 93.3 Å². The minimum absolute atomic E-state index is 0.0397. The molecule has 0 aliphatic carbocycles. The second-order valence-electron chi connectivity index (χ2n) is 6.17. The summed E-state index contributed by atoms with van der Waals surface area (Å²) in [4.78, 5) is 19.3. The van der Waals surface area contributed by atoms with Crippen molar-refractivity contribution in [3.8, 4) is 0 Å². The van der Waals surface area contributed by atoms with E-state index in [1.165, 1.54) is 19.3 Å². The van der Waals surface area contributed by atoms with Crippen molar-refractivity contribution in [2.75, 3.05) is 0 Å². The predicted molar refractivity (Wildman–Crippen MR) is 113 cm³/mol. The molecule has 0 radical (unpaired) electrons. The molecule has 0 aliphatic heterocycles. The molecule has 2 unspecified atom stereocenters. The molecule has 0 amide bonds. The van der Waals surface area contributed by atoms with E-state index in [-0.39, 0.29) is 5.92 Å². The maximum Gasteiger partial charge on any atom is 0.328 e. The summed E-state index contributed by atoms with van der Waals surface area (Å²) in [7, 11) is -2.46. The second-order valence-corrected chi connectivity index (χ2v) is 8.46. The lowest BCUT2D eigenvalue weighted by Crippen LogP contribution is -2.29. The van der Waals surface area contributed by atoms with Crippen molar-refractivity contribution < 1.29 is 14.3 Å². The summed E-state index contributed by atoms with van der Waals surface area (Å²) in [6, 6.07) is 20.1. The molecule has 0 aliphatic rings. The third-order valence-corrected chi connectivity index (χ3v) is 6.77. The van der Waals surface area contributed by atoms with Crippen LogP contribution in [-0.4, -0.2) is 9.79 Å². The molecule has 0 fully saturated rings. The summed E-state index contributed by atoms with van der Waals surface area (Å²) >= 11 is 2.26. The van der Waals surface area contributed by atoms with Crippen LogP contribution in [0.25, 0.3) is 0 Å². The molecule has 5 heteroatoms. The minimum atomic E-state index is -2.46. The van der Waals surface area contributed by atoms with Crippen LogP contribution in [0.5, 0.6) is 0 Å². The Morgan fingerprint density at radius 1 is 0.960 bits per heavy atom. The number of unbranched alkanes of at least 4 members (excludes halogenated alkanes) is 3. The van der Waals surface area contributed by atoms with E-state index < -0.39 is 12.2 Å². The van der Waals surface area contributed by atoms with Crippen molar-refractivity contribution in [2.45, 2.75) is 48.6 Å². The standard InChI is InChI=1S/C20H26IO3P/c1-2-3-4-11-16-19(17-12-7-5-8-13-17)20(21,24-25(22)23)18-14-9-6-10-15-18/h5-10,12-15,19,22-23H,2-4,11,16H2,1H3. The molecule has 2 atom stereocenters. The smallest absolute Gasteiger partial charge is 0.328 e. The van der Waals surface area contributed by atoms with Gasteiger partial charge in [0.15, 0.2) is 3.61 Å². The number of halogens is 1. The van der Waals surface area contributed by atoms with E-state index in [0.717, 1.165) is 24.0 Å². The van der Waals surface area contributed by atoms with Gasteiger partial charge in [0, 0.05) is 5.92 Å². The molecular formula is C20H26IO3P. The van der Waals surface area contributed by atoms with Gasteiger partial charge in [0.25, 0.3) is 0 Å². The van der Waals surface area contributed by atoms with E-state index in [0.29, 0.717) is 0 Å². The third-order valence-electron chi connectivity index (χ3n) is 4.38. The molecular weight excluding hydrogens is 446 g/mol.